The van der Waals surface area contributed by atoms with E-state index in [1.807, 2.05) is 24.5 Å². The molecule has 0 aliphatic carbocycles. The second kappa shape index (κ2) is 4.58. The number of pyridine rings is 1. The molecule has 2 rings (SSSR count). The van der Waals surface area contributed by atoms with Crippen molar-refractivity contribution in [1.29, 1.82) is 0 Å². The van der Waals surface area contributed by atoms with Crippen LogP contribution in [-0.4, -0.2) is 11.2 Å². The predicted molar refractivity (Wildman–Crippen MR) is 70.6 cm³/mol. The van der Waals surface area contributed by atoms with Crippen LogP contribution in [0.4, 0.5) is 5.69 Å². The molecule has 0 aliphatic heterocycles. The standard InChI is InChI=1S/C13H14N2S/c1-9-4-3-5-10(8-9)12-7-6-11(14)13(15-12)16-2/h3-8H,14H2,1-2H3. The highest BCUT2D eigenvalue weighted by atomic mass is 32.2. The number of rotatable bonds is 2. The Morgan fingerprint density at radius 1 is 1.19 bits per heavy atom. The van der Waals surface area contributed by atoms with Gasteiger partial charge in [0.25, 0.3) is 0 Å². The lowest BCUT2D eigenvalue weighted by Gasteiger charge is -2.06. The Morgan fingerprint density at radius 2 is 2.00 bits per heavy atom. The van der Waals surface area contributed by atoms with Gasteiger partial charge in [-0.25, -0.2) is 4.98 Å². The summed E-state index contributed by atoms with van der Waals surface area (Å²) >= 11 is 1.57. The molecule has 0 bridgehead atoms. The number of aryl methyl sites for hydroxylation is 1. The molecule has 1 heterocycles. The molecule has 0 amide bonds. The molecule has 0 spiro atoms. The summed E-state index contributed by atoms with van der Waals surface area (Å²) in [6, 6.07) is 12.2. The van der Waals surface area contributed by atoms with Gasteiger partial charge in [0.05, 0.1) is 11.4 Å². The maximum absolute atomic E-state index is 5.82. The molecule has 3 heteroatoms. The van der Waals surface area contributed by atoms with Crippen molar-refractivity contribution in [2.45, 2.75) is 11.9 Å². The van der Waals surface area contributed by atoms with Gasteiger partial charge in [-0.1, -0.05) is 23.8 Å². The number of thioether (sulfide) groups is 1. The summed E-state index contributed by atoms with van der Waals surface area (Å²) in [6.45, 7) is 2.08. The van der Waals surface area contributed by atoms with Gasteiger partial charge in [-0.05, 0) is 31.4 Å². The molecule has 1 aromatic carbocycles. The van der Waals surface area contributed by atoms with Crippen molar-refractivity contribution in [3.05, 3.63) is 42.0 Å². The van der Waals surface area contributed by atoms with Gasteiger partial charge in [0.2, 0.25) is 0 Å². The van der Waals surface area contributed by atoms with Crippen LogP contribution < -0.4 is 5.73 Å². The Hall–Kier alpha value is -1.48. The number of nitrogen functional groups attached to an aromatic ring is 1. The number of anilines is 1. The molecular formula is C13H14N2S. The molecule has 2 nitrogen and oxygen atoms in total. The normalized spacial score (nSPS) is 10.4. The highest BCUT2D eigenvalue weighted by Gasteiger charge is 2.04. The van der Waals surface area contributed by atoms with Crippen molar-refractivity contribution in [3.63, 3.8) is 0 Å². The third-order valence-corrected chi connectivity index (χ3v) is 3.11. The van der Waals surface area contributed by atoms with Gasteiger partial charge in [-0.2, -0.15) is 0 Å². The summed E-state index contributed by atoms with van der Waals surface area (Å²) in [5, 5.41) is 0.888. The fourth-order valence-corrected chi connectivity index (χ4v) is 2.07. The van der Waals surface area contributed by atoms with E-state index in [0.717, 1.165) is 22.0 Å². The van der Waals surface area contributed by atoms with Gasteiger partial charge in [0.1, 0.15) is 5.03 Å². The maximum Gasteiger partial charge on any atom is 0.119 e. The Bertz CT molecular complexity index is 509. The smallest absolute Gasteiger partial charge is 0.119 e. The Balaban J connectivity index is 2.48. The second-order valence-corrected chi connectivity index (χ2v) is 4.46. The molecular weight excluding hydrogens is 216 g/mol. The fraction of sp³-hybridized carbons (Fsp3) is 0.154. The number of nitrogens with two attached hydrogens (primary N) is 1. The quantitative estimate of drug-likeness (QED) is 0.804. The van der Waals surface area contributed by atoms with E-state index in [9.17, 15) is 0 Å². The minimum atomic E-state index is 0.740. The highest BCUT2D eigenvalue weighted by Crippen LogP contribution is 2.25. The Labute approximate surface area is 99.9 Å². The first-order valence-corrected chi connectivity index (χ1v) is 6.31. The zero-order valence-electron chi connectivity index (χ0n) is 9.40. The molecule has 2 N–H and O–H groups in total. The predicted octanol–water partition coefficient (Wildman–Crippen LogP) is 3.36. The molecule has 0 atom stereocenters. The van der Waals surface area contributed by atoms with Crippen molar-refractivity contribution >= 4 is 17.4 Å². The van der Waals surface area contributed by atoms with Crippen LogP contribution >= 0.6 is 11.8 Å². The molecule has 16 heavy (non-hydrogen) atoms. The topological polar surface area (TPSA) is 38.9 Å². The van der Waals surface area contributed by atoms with E-state index >= 15 is 0 Å². The lowest BCUT2D eigenvalue weighted by molar-refractivity contribution is 1.15. The lowest BCUT2D eigenvalue weighted by Crippen LogP contribution is -1.93. The van der Waals surface area contributed by atoms with E-state index < -0.39 is 0 Å². The SMILES string of the molecule is CSc1nc(-c2cccc(C)c2)ccc1N. The van der Waals surface area contributed by atoms with Crippen molar-refractivity contribution in [1.82, 2.24) is 4.98 Å². The van der Waals surface area contributed by atoms with Gasteiger partial charge in [0, 0.05) is 5.56 Å². The summed E-state index contributed by atoms with van der Waals surface area (Å²) in [6.07, 6.45) is 1.98. The van der Waals surface area contributed by atoms with Crippen molar-refractivity contribution < 1.29 is 0 Å². The van der Waals surface area contributed by atoms with Crippen molar-refractivity contribution in [2.24, 2.45) is 0 Å². The monoisotopic (exact) mass is 230 g/mol. The van der Waals surface area contributed by atoms with E-state index in [4.69, 9.17) is 5.73 Å². The molecule has 0 radical (unpaired) electrons. The number of aromatic nitrogens is 1. The summed E-state index contributed by atoms with van der Waals surface area (Å²) in [7, 11) is 0. The van der Waals surface area contributed by atoms with Crippen LogP contribution in [0.2, 0.25) is 0 Å². The first-order valence-electron chi connectivity index (χ1n) is 5.08. The van der Waals surface area contributed by atoms with E-state index in [-0.39, 0.29) is 0 Å². The molecule has 0 unspecified atom stereocenters. The summed E-state index contributed by atoms with van der Waals surface area (Å²) in [5.41, 5.74) is 9.91. The molecule has 82 valence electrons. The van der Waals surface area contributed by atoms with Crippen molar-refractivity contribution in [3.8, 4) is 11.3 Å². The number of hydrogen-bond acceptors (Lipinski definition) is 3. The number of benzene rings is 1. The lowest BCUT2D eigenvalue weighted by atomic mass is 10.1. The zero-order valence-corrected chi connectivity index (χ0v) is 10.2. The van der Waals surface area contributed by atoms with Crippen LogP contribution in [0.15, 0.2) is 41.4 Å². The van der Waals surface area contributed by atoms with Gasteiger partial charge >= 0.3 is 0 Å². The van der Waals surface area contributed by atoms with E-state index in [1.54, 1.807) is 11.8 Å². The third-order valence-electron chi connectivity index (χ3n) is 2.40. The second-order valence-electron chi connectivity index (χ2n) is 3.66. The third kappa shape index (κ3) is 2.19. The first kappa shape index (κ1) is 11.0. The van der Waals surface area contributed by atoms with Gasteiger partial charge in [0.15, 0.2) is 0 Å². The van der Waals surface area contributed by atoms with Gasteiger partial charge < -0.3 is 5.73 Å². The molecule has 1 aromatic heterocycles. The van der Waals surface area contributed by atoms with E-state index in [0.29, 0.717) is 0 Å². The van der Waals surface area contributed by atoms with Gasteiger partial charge in [-0.15, -0.1) is 11.8 Å². The van der Waals surface area contributed by atoms with Crippen LogP contribution in [0.3, 0.4) is 0 Å². The summed E-state index contributed by atoms with van der Waals surface area (Å²) < 4.78 is 0. The van der Waals surface area contributed by atoms with E-state index in [1.165, 1.54) is 5.56 Å². The number of hydrogen-bond donors (Lipinski definition) is 1. The molecule has 0 fully saturated rings. The molecule has 0 saturated carbocycles. The van der Waals surface area contributed by atoms with Crippen LogP contribution in [0, 0.1) is 6.92 Å². The average Bonchev–Trinajstić information content (AvgIpc) is 2.29. The first-order chi connectivity index (χ1) is 7.70. The highest BCUT2D eigenvalue weighted by molar-refractivity contribution is 7.98. The maximum atomic E-state index is 5.82. The largest absolute Gasteiger partial charge is 0.397 e. The van der Waals surface area contributed by atoms with Crippen molar-refractivity contribution in [2.75, 3.05) is 12.0 Å². The van der Waals surface area contributed by atoms with Crippen LogP contribution in [0.1, 0.15) is 5.56 Å². The average molecular weight is 230 g/mol. The summed E-state index contributed by atoms with van der Waals surface area (Å²) in [4.78, 5) is 4.54. The van der Waals surface area contributed by atoms with Crippen LogP contribution in [-0.2, 0) is 0 Å². The minimum Gasteiger partial charge on any atom is -0.397 e. The minimum absolute atomic E-state index is 0.740. The Morgan fingerprint density at radius 3 is 2.69 bits per heavy atom. The fourth-order valence-electron chi connectivity index (χ4n) is 1.58. The molecule has 0 saturated heterocycles. The van der Waals surface area contributed by atoms with E-state index in [2.05, 4.69) is 30.1 Å². The van der Waals surface area contributed by atoms with Crippen LogP contribution in [0.25, 0.3) is 11.3 Å². The zero-order chi connectivity index (χ0) is 11.5. The Kier molecular flexibility index (Phi) is 3.15. The number of nitrogens with zero attached hydrogens (tertiary/aromatic N) is 1. The molecule has 0 aliphatic rings. The molecule has 2 aromatic rings. The summed E-state index contributed by atoms with van der Waals surface area (Å²) in [5.74, 6) is 0. The van der Waals surface area contributed by atoms with Crippen LogP contribution in [0.5, 0.6) is 0 Å². The van der Waals surface area contributed by atoms with Gasteiger partial charge in [-0.3, -0.25) is 0 Å².